The molecule has 0 fully saturated rings. The van der Waals surface area contributed by atoms with Crippen molar-refractivity contribution in [3.05, 3.63) is 29.6 Å². The lowest BCUT2D eigenvalue weighted by Crippen LogP contribution is -2.17. The van der Waals surface area contributed by atoms with E-state index in [9.17, 15) is 4.39 Å². The Balaban J connectivity index is 2.90. The lowest BCUT2D eigenvalue weighted by molar-refractivity contribution is 0.610. The number of hydrogen-bond acceptors (Lipinski definition) is 1. The minimum atomic E-state index is -0.107. The number of rotatable bonds is 5. The Morgan fingerprint density at radius 2 is 2.00 bits per heavy atom. The van der Waals surface area contributed by atoms with E-state index in [1.165, 1.54) is 0 Å². The van der Waals surface area contributed by atoms with Gasteiger partial charge in [-0.1, -0.05) is 26.3 Å². The molecule has 1 unspecified atom stereocenters. The number of anilines is 1. The van der Waals surface area contributed by atoms with Gasteiger partial charge in [0.1, 0.15) is 5.82 Å². The van der Waals surface area contributed by atoms with Gasteiger partial charge in [-0.2, -0.15) is 0 Å². The fourth-order valence-electron chi connectivity index (χ4n) is 1.91. The van der Waals surface area contributed by atoms with Gasteiger partial charge in [0.25, 0.3) is 0 Å². The third-order valence-electron chi connectivity index (χ3n) is 3.15. The SMILES string of the molecule is CCCC(C)c1ccc(N(C)CC)c(F)c1. The van der Waals surface area contributed by atoms with E-state index >= 15 is 0 Å². The molecule has 90 valence electrons. The first kappa shape index (κ1) is 13.0. The molecule has 0 N–H and O–H groups in total. The Kier molecular flexibility index (Phi) is 4.78. The van der Waals surface area contributed by atoms with Gasteiger partial charge in [0.05, 0.1) is 5.69 Å². The summed E-state index contributed by atoms with van der Waals surface area (Å²) in [7, 11) is 1.91. The normalized spacial score (nSPS) is 12.6. The average molecular weight is 223 g/mol. The van der Waals surface area contributed by atoms with Gasteiger partial charge >= 0.3 is 0 Å². The molecule has 0 saturated heterocycles. The zero-order valence-electron chi connectivity index (χ0n) is 10.8. The van der Waals surface area contributed by atoms with Gasteiger partial charge in [-0.25, -0.2) is 4.39 Å². The van der Waals surface area contributed by atoms with E-state index in [1.807, 2.05) is 31.0 Å². The molecule has 0 aliphatic carbocycles. The largest absolute Gasteiger partial charge is 0.373 e. The second kappa shape index (κ2) is 5.88. The lowest BCUT2D eigenvalue weighted by Gasteiger charge is -2.19. The summed E-state index contributed by atoms with van der Waals surface area (Å²) in [4.78, 5) is 1.92. The first-order valence-corrected chi connectivity index (χ1v) is 6.10. The minimum absolute atomic E-state index is 0.107. The molecule has 0 amide bonds. The van der Waals surface area contributed by atoms with E-state index in [0.29, 0.717) is 11.6 Å². The predicted molar refractivity (Wildman–Crippen MR) is 68.7 cm³/mol. The summed E-state index contributed by atoms with van der Waals surface area (Å²) in [6.45, 7) is 7.15. The molecular weight excluding hydrogens is 201 g/mol. The maximum atomic E-state index is 13.8. The molecule has 1 aromatic rings. The molecule has 0 spiro atoms. The number of hydrogen-bond donors (Lipinski definition) is 0. The molecule has 0 heterocycles. The molecule has 0 saturated carbocycles. The van der Waals surface area contributed by atoms with Crippen molar-refractivity contribution in [2.24, 2.45) is 0 Å². The van der Waals surface area contributed by atoms with Crippen LogP contribution in [-0.4, -0.2) is 13.6 Å². The highest BCUT2D eigenvalue weighted by Crippen LogP contribution is 2.26. The Morgan fingerprint density at radius 3 is 2.50 bits per heavy atom. The minimum Gasteiger partial charge on any atom is -0.373 e. The zero-order chi connectivity index (χ0) is 12.1. The molecule has 0 aromatic heterocycles. The summed E-state index contributed by atoms with van der Waals surface area (Å²) in [5.74, 6) is 0.338. The molecule has 0 radical (unpaired) electrons. The Morgan fingerprint density at radius 1 is 1.31 bits per heavy atom. The number of nitrogens with zero attached hydrogens (tertiary/aromatic N) is 1. The van der Waals surface area contributed by atoms with Gasteiger partial charge < -0.3 is 4.90 Å². The number of halogens is 1. The highest BCUT2D eigenvalue weighted by Gasteiger charge is 2.10. The quantitative estimate of drug-likeness (QED) is 0.723. The van der Waals surface area contributed by atoms with E-state index < -0.39 is 0 Å². The summed E-state index contributed by atoms with van der Waals surface area (Å²) in [5.41, 5.74) is 1.79. The van der Waals surface area contributed by atoms with Crippen LogP contribution in [0.3, 0.4) is 0 Å². The summed E-state index contributed by atoms with van der Waals surface area (Å²) in [6.07, 6.45) is 2.25. The molecular formula is C14H22FN. The maximum Gasteiger partial charge on any atom is 0.146 e. The van der Waals surface area contributed by atoms with Crippen molar-refractivity contribution in [2.45, 2.75) is 39.5 Å². The Labute approximate surface area is 98.3 Å². The summed E-state index contributed by atoms with van der Waals surface area (Å²) in [6, 6.07) is 5.62. The van der Waals surface area contributed by atoms with Gasteiger partial charge in [0.2, 0.25) is 0 Å². The van der Waals surface area contributed by atoms with Crippen LogP contribution >= 0.6 is 0 Å². The maximum absolute atomic E-state index is 13.8. The fraction of sp³-hybridized carbons (Fsp3) is 0.571. The van der Waals surface area contributed by atoms with Crippen LogP contribution in [0.4, 0.5) is 10.1 Å². The molecule has 1 nitrogen and oxygen atoms in total. The monoisotopic (exact) mass is 223 g/mol. The highest BCUT2D eigenvalue weighted by molar-refractivity contribution is 5.48. The van der Waals surface area contributed by atoms with Gasteiger partial charge in [0, 0.05) is 13.6 Å². The predicted octanol–water partition coefficient (Wildman–Crippen LogP) is 4.19. The summed E-state index contributed by atoms with van der Waals surface area (Å²) >= 11 is 0. The van der Waals surface area contributed by atoms with E-state index in [1.54, 1.807) is 6.07 Å². The summed E-state index contributed by atoms with van der Waals surface area (Å²) < 4.78 is 13.8. The van der Waals surface area contributed by atoms with Crippen molar-refractivity contribution in [3.8, 4) is 0 Å². The molecule has 0 bridgehead atoms. The average Bonchev–Trinajstić information content (AvgIpc) is 2.28. The molecule has 0 aliphatic heterocycles. The molecule has 1 atom stereocenters. The molecule has 16 heavy (non-hydrogen) atoms. The fourth-order valence-corrected chi connectivity index (χ4v) is 1.91. The second-order valence-electron chi connectivity index (χ2n) is 4.41. The van der Waals surface area contributed by atoms with E-state index in [4.69, 9.17) is 0 Å². The van der Waals surface area contributed by atoms with Crippen molar-refractivity contribution in [3.63, 3.8) is 0 Å². The molecule has 2 heteroatoms. The third kappa shape index (κ3) is 2.97. The van der Waals surface area contributed by atoms with Crippen LogP contribution in [0.2, 0.25) is 0 Å². The second-order valence-corrected chi connectivity index (χ2v) is 4.41. The zero-order valence-corrected chi connectivity index (χ0v) is 10.8. The standard InChI is InChI=1S/C14H22FN/c1-5-7-11(3)12-8-9-14(13(15)10-12)16(4)6-2/h8-11H,5-7H2,1-4H3. The van der Waals surface area contributed by atoms with Crippen LogP contribution in [0, 0.1) is 5.82 Å². The van der Waals surface area contributed by atoms with E-state index in [0.717, 1.165) is 24.9 Å². The van der Waals surface area contributed by atoms with Crippen LogP contribution in [-0.2, 0) is 0 Å². The first-order chi connectivity index (χ1) is 7.60. The van der Waals surface area contributed by atoms with Gasteiger partial charge in [-0.3, -0.25) is 0 Å². The van der Waals surface area contributed by atoms with Crippen LogP contribution in [0.5, 0.6) is 0 Å². The number of benzene rings is 1. The van der Waals surface area contributed by atoms with E-state index in [-0.39, 0.29) is 5.82 Å². The van der Waals surface area contributed by atoms with Crippen LogP contribution < -0.4 is 4.90 Å². The van der Waals surface area contributed by atoms with Crippen LogP contribution in [0.1, 0.15) is 45.1 Å². The van der Waals surface area contributed by atoms with Crippen LogP contribution in [0.15, 0.2) is 18.2 Å². The van der Waals surface area contributed by atoms with Crippen molar-refractivity contribution in [2.75, 3.05) is 18.5 Å². The highest BCUT2D eigenvalue weighted by atomic mass is 19.1. The van der Waals surface area contributed by atoms with Crippen molar-refractivity contribution in [1.29, 1.82) is 0 Å². The van der Waals surface area contributed by atoms with Crippen molar-refractivity contribution < 1.29 is 4.39 Å². The molecule has 0 aliphatic rings. The first-order valence-electron chi connectivity index (χ1n) is 6.10. The molecule has 1 aromatic carbocycles. The Bertz CT molecular complexity index is 336. The Hall–Kier alpha value is -1.05. The van der Waals surface area contributed by atoms with Gasteiger partial charge in [-0.05, 0) is 37.0 Å². The molecule has 1 rings (SSSR count). The van der Waals surface area contributed by atoms with Gasteiger partial charge in [0.15, 0.2) is 0 Å². The van der Waals surface area contributed by atoms with Gasteiger partial charge in [-0.15, -0.1) is 0 Å². The van der Waals surface area contributed by atoms with Crippen molar-refractivity contribution in [1.82, 2.24) is 0 Å². The third-order valence-corrected chi connectivity index (χ3v) is 3.15. The topological polar surface area (TPSA) is 3.24 Å². The van der Waals surface area contributed by atoms with Crippen molar-refractivity contribution >= 4 is 5.69 Å². The smallest absolute Gasteiger partial charge is 0.146 e. The van der Waals surface area contributed by atoms with Crippen LogP contribution in [0.25, 0.3) is 0 Å². The van der Waals surface area contributed by atoms with E-state index in [2.05, 4.69) is 13.8 Å². The lowest BCUT2D eigenvalue weighted by atomic mass is 9.96. The summed E-state index contributed by atoms with van der Waals surface area (Å²) in [5, 5.41) is 0.